The molecule has 0 aliphatic rings. The van der Waals surface area contributed by atoms with E-state index < -0.39 is 0 Å². The molecule has 0 aromatic carbocycles. The Morgan fingerprint density at radius 1 is 1.55 bits per heavy atom. The van der Waals surface area contributed by atoms with Crippen molar-refractivity contribution >= 4 is 50.5 Å². The maximum absolute atomic E-state index is 12.0. The van der Waals surface area contributed by atoms with Crippen LogP contribution in [0.25, 0.3) is 10.2 Å². The summed E-state index contributed by atoms with van der Waals surface area (Å²) in [5.41, 5.74) is 11.4. The van der Waals surface area contributed by atoms with Crippen LogP contribution in [0.3, 0.4) is 0 Å². The van der Waals surface area contributed by atoms with Crippen molar-refractivity contribution in [3.8, 4) is 0 Å². The number of fused-ring (bicyclic) bond motifs is 1. The number of carbonyl (C=O) groups excluding carboxylic acids is 1. The Hall–Kier alpha value is -2.19. The number of nitrogens with zero attached hydrogens (tertiary/aromatic N) is 1. The molecule has 0 unspecified atom stereocenters. The quantitative estimate of drug-likeness (QED) is 0.386. The lowest BCUT2D eigenvalue weighted by Gasteiger charge is -2.09. The van der Waals surface area contributed by atoms with Gasteiger partial charge in [0.2, 0.25) is 0 Å². The van der Waals surface area contributed by atoms with Crippen LogP contribution in [0.15, 0.2) is 31.0 Å². The molecule has 1 amide bonds. The van der Waals surface area contributed by atoms with Crippen molar-refractivity contribution in [2.75, 3.05) is 12.3 Å². The first-order valence-electron chi connectivity index (χ1n) is 5.71. The van der Waals surface area contributed by atoms with E-state index in [1.54, 1.807) is 18.3 Å². The highest BCUT2D eigenvalue weighted by Crippen LogP contribution is 2.31. The second-order valence-electron chi connectivity index (χ2n) is 3.78. The lowest BCUT2D eigenvalue weighted by atomic mass is 10.2. The summed E-state index contributed by atoms with van der Waals surface area (Å²) < 4.78 is 0. The van der Waals surface area contributed by atoms with Crippen LogP contribution in [0.4, 0.5) is 5.69 Å². The molecule has 2 aromatic heterocycles. The van der Waals surface area contributed by atoms with E-state index in [2.05, 4.69) is 27.7 Å². The van der Waals surface area contributed by atoms with Crippen molar-refractivity contribution in [1.29, 1.82) is 0 Å². The molecule has 5 N–H and O–H groups in total. The van der Waals surface area contributed by atoms with Crippen LogP contribution in [-0.2, 0) is 0 Å². The van der Waals surface area contributed by atoms with E-state index in [9.17, 15) is 4.79 Å². The van der Waals surface area contributed by atoms with Gasteiger partial charge in [-0.2, -0.15) is 0 Å². The molecule has 0 radical (unpaired) electrons. The van der Waals surface area contributed by atoms with E-state index >= 15 is 0 Å². The molecule has 0 aliphatic heterocycles. The number of amides is 1. The van der Waals surface area contributed by atoms with Gasteiger partial charge in [-0.15, -0.1) is 17.9 Å². The average molecular weight is 307 g/mol. The Kier molecular flexibility index (Phi) is 4.49. The maximum atomic E-state index is 12.0. The minimum atomic E-state index is -0.353. The van der Waals surface area contributed by atoms with Crippen molar-refractivity contribution in [2.45, 2.75) is 0 Å². The Balaban J connectivity index is 2.06. The van der Waals surface area contributed by atoms with E-state index in [1.165, 1.54) is 11.3 Å². The van der Waals surface area contributed by atoms with Crippen LogP contribution in [0, 0.1) is 0 Å². The molecule has 0 bridgehead atoms. The van der Waals surface area contributed by atoms with Gasteiger partial charge in [0, 0.05) is 18.1 Å². The standard InChI is InChI=1S/C12H13N5OS2/c1-2-5-15-12(19)17-16-10(18)9-8(13)7-4-3-6-14-11(7)20-9/h2-4,6H,1,5,13H2,(H,16,18)(H2,15,17,19). The summed E-state index contributed by atoms with van der Waals surface area (Å²) in [5, 5.41) is 3.90. The van der Waals surface area contributed by atoms with E-state index in [0.29, 0.717) is 22.2 Å². The largest absolute Gasteiger partial charge is 0.397 e. The summed E-state index contributed by atoms with van der Waals surface area (Å²) >= 11 is 6.19. The van der Waals surface area contributed by atoms with Gasteiger partial charge in [-0.05, 0) is 24.4 Å². The minimum Gasteiger partial charge on any atom is -0.397 e. The van der Waals surface area contributed by atoms with Crippen molar-refractivity contribution < 1.29 is 4.79 Å². The summed E-state index contributed by atoms with van der Waals surface area (Å²) in [6.07, 6.45) is 3.32. The van der Waals surface area contributed by atoms with Gasteiger partial charge in [-0.3, -0.25) is 15.6 Å². The van der Waals surface area contributed by atoms with Crippen LogP contribution in [-0.4, -0.2) is 22.5 Å². The van der Waals surface area contributed by atoms with E-state index in [1.807, 2.05) is 6.07 Å². The maximum Gasteiger partial charge on any atom is 0.281 e. The first kappa shape index (κ1) is 14.2. The molecule has 0 aliphatic carbocycles. The summed E-state index contributed by atoms with van der Waals surface area (Å²) in [6, 6.07) is 3.61. The fourth-order valence-corrected chi connectivity index (χ4v) is 2.59. The molecular weight excluding hydrogens is 294 g/mol. The molecule has 6 nitrogen and oxygen atoms in total. The van der Waals surface area contributed by atoms with Crippen LogP contribution in [0.2, 0.25) is 0 Å². The van der Waals surface area contributed by atoms with Gasteiger partial charge in [0.1, 0.15) is 9.71 Å². The number of pyridine rings is 1. The number of rotatable bonds is 3. The number of hydrogen-bond acceptors (Lipinski definition) is 5. The predicted octanol–water partition coefficient (Wildman–Crippen LogP) is 1.17. The second-order valence-corrected chi connectivity index (χ2v) is 5.19. The number of hydrazine groups is 1. The van der Waals surface area contributed by atoms with E-state index in [4.69, 9.17) is 18.0 Å². The number of aromatic nitrogens is 1. The Bertz CT molecular complexity index is 667. The lowest BCUT2D eigenvalue weighted by molar-refractivity contribution is 0.0948. The second kappa shape index (κ2) is 6.31. The molecule has 2 rings (SSSR count). The van der Waals surface area contributed by atoms with Crippen molar-refractivity contribution in [3.63, 3.8) is 0 Å². The van der Waals surface area contributed by atoms with Gasteiger partial charge in [0.15, 0.2) is 5.11 Å². The Labute approximate surface area is 125 Å². The number of nitrogen functional groups attached to an aromatic ring is 1. The van der Waals surface area contributed by atoms with Crippen molar-refractivity contribution in [1.82, 2.24) is 21.2 Å². The number of anilines is 1. The number of thiocarbonyl (C=S) groups is 1. The first-order chi connectivity index (χ1) is 9.63. The normalized spacial score (nSPS) is 10.0. The average Bonchev–Trinajstić information content (AvgIpc) is 2.80. The molecule has 2 heterocycles. The zero-order valence-electron chi connectivity index (χ0n) is 10.5. The van der Waals surface area contributed by atoms with Crippen molar-refractivity contribution in [2.24, 2.45) is 0 Å². The third-order valence-corrected chi connectivity index (χ3v) is 3.78. The third kappa shape index (κ3) is 3.03. The van der Waals surface area contributed by atoms with E-state index in [-0.39, 0.29) is 5.91 Å². The molecular formula is C12H13N5OS2. The molecule has 20 heavy (non-hydrogen) atoms. The Morgan fingerprint density at radius 2 is 2.35 bits per heavy atom. The molecule has 0 saturated carbocycles. The highest BCUT2D eigenvalue weighted by molar-refractivity contribution is 7.80. The topological polar surface area (TPSA) is 92.1 Å². The van der Waals surface area contributed by atoms with Gasteiger partial charge in [0.25, 0.3) is 5.91 Å². The number of carbonyl (C=O) groups is 1. The van der Waals surface area contributed by atoms with Crippen LogP contribution >= 0.6 is 23.6 Å². The van der Waals surface area contributed by atoms with Gasteiger partial charge in [-0.25, -0.2) is 4.98 Å². The highest BCUT2D eigenvalue weighted by Gasteiger charge is 2.16. The zero-order chi connectivity index (χ0) is 14.5. The zero-order valence-corrected chi connectivity index (χ0v) is 12.1. The molecule has 0 fully saturated rings. The molecule has 0 saturated heterocycles. The molecule has 8 heteroatoms. The number of hydrogen-bond donors (Lipinski definition) is 4. The minimum absolute atomic E-state index is 0.302. The fraction of sp³-hybridized carbons (Fsp3) is 0.0833. The Morgan fingerprint density at radius 3 is 3.05 bits per heavy atom. The first-order valence-corrected chi connectivity index (χ1v) is 6.94. The van der Waals surface area contributed by atoms with Crippen molar-refractivity contribution in [3.05, 3.63) is 35.9 Å². The molecule has 0 spiro atoms. The molecule has 0 atom stereocenters. The number of nitrogens with two attached hydrogens (primary N) is 1. The monoisotopic (exact) mass is 307 g/mol. The van der Waals surface area contributed by atoms with E-state index in [0.717, 1.165) is 10.2 Å². The fourth-order valence-electron chi connectivity index (χ4n) is 1.50. The van der Waals surface area contributed by atoms with Crippen LogP contribution in [0.1, 0.15) is 9.67 Å². The number of nitrogens with one attached hydrogen (secondary N) is 3. The summed E-state index contributed by atoms with van der Waals surface area (Å²) in [7, 11) is 0. The predicted molar refractivity (Wildman–Crippen MR) is 85.4 cm³/mol. The third-order valence-electron chi connectivity index (χ3n) is 2.41. The van der Waals surface area contributed by atoms with Gasteiger partial charge in [-0.1, -0.05) is 6.08 Å². The summed E-state index contributed by atoms with van der Waals surface area (Å²) in [5.74, 6) is -0.353. The van der Waals surface area contributed by atoms with Crippen LogP contribution < -0.4 is 21.9 Å². The summed E-state index contributed by atoms with van der Waals surface area (Å²) in [6.45, 7) is 4.06. The number of thiophene rings is 1. The van der Waals surface area contributed by atoms with Gasteiger partial charge in [0.05, 0.1) is 5.69 Å². The van der Waals surface area contributed by atoms with Gasteiger partial charge >= 0.3 is 0 Å². The molecule has 2 aromatic rings. The highest BCUT2D eigenvalue weighted by atomic mass is 32.1. The molecule has 104 valence electrons. The summed E-state index contributed by atoms with van der Waals surface area (Å²) in [4.78, 5) is 17.3. The van der Waals surface area contributed by atoms with Crippen LogP contribution in [0.5, 0.6) is 0 Å². The van der Waals surface area contributed by atoms with Gasteiger partial charge < -0.3 is 11.1 Å². The SMILES string of the molecule is C=CCNC(=S)NNC(=O)c1sc2ncccc2c1N. The smallest absolute Gasteiger partial charge is 0.281 e. The lowest BCUT2D eigenvalue weighted by Crippen LogP contribution is -2.46.